The Hall–Kier alpha value is -2.04. The lowest BCUT2D eigenvalue weighted by molar-refractivity contribution is 0.238. The van der Waals surface area contributed by atoms with Crippen LogP contribution < -0.4 is 10.6 Å². The van der Waals surface area contributed by atoms with Gasteiger partial charge >= 0.3 is 6.03 Å². The van der Waals surface area contributed by atoms with E-state index in [1.54, 1.807) is 6.07 Å². The zero-order chi connectivity index (χ0) is 15.0. The number of fused-ring (bicyclic) bond motifs is 1. The summed E-state index contributed by atoms with van der Waals surface area (Å²) in [6, 6.07) is 4.92. The average molecular weight is 289 g/mol. The third-order valence-electron chi connectivity index (χ3n) is 3.98. The molecule has 1 aromatic heterocycles. The van der Waals surface area contributed by atoms with Crippen molar-refractivity contribution < 1.29 is 9.18 Å². The quantitative estimate of drug-likeness (QED) is 0.796. The third kappa shape index (κ3) is 3.01. The highest BCUT2D eigenvalue weighted by molar-refractivity contribution is 5.84. The molecule has 0 radical (unpaired) electrons. The molecule has 3 rings (SSSR count). The van der Waals surface area contributed by atoms with Crippen molar-refractivity contribution in [1.82, 2.24) is 15.6 Å². The Kier molecular flexibility index (Phi) is 3.35. The molecular formula is C16H20FN3O. The van der Waals surface area contributed by atoms with Gasteiger partial charge in [-0.15, -0.1) is 0 Å². The molecule has 2 amide bonds. The molecule has 0 unspecified atom stereocenters. The van der Waals surface area contributed by atoms with Gasteiger partial charge in [-0.3, -0.25) is 0 Å². The molecule has 0 spiro atoms. The van der Waals surface area contributed by atoms with Gasteiger partial charge in [0.15, 0.2) is 0 Å². The van der Waals surface area contributed by atoms with E-state index in [-0.39, 0.29) is 17.3 Å². The van der Waals surface area contributed by atoms with Crippen molar-refractivity contribution in [1.29, 1.82) is 0 Å². The second-order valence-electron chi connectivity index (χ2n) is 6.38. The van der Waals surface area contributed by atoms with Crippen LogP contribution in [0.3, 0.4) is 0 Å². The van der Waals surface area contributed by atoms with Gasteiger partial charge in [0, 0.05) is 35.1 Å². The van der Waals surface area contributed by atoms with Gasteiger partial charge in [0.25, 0.3) is 0 Å². The lowest BCUT2D eigenvalue weighted by Gasteiger charge is -2.25. The molecule has 1 aliphatic rings. The number of halogens is 1. The van der Waals surface area contributed by atoms with Crippen molar-refractivity contribution in [3.8, 4) is 0 Å². The first-order valence-electron chi connectivity index (χ1n) is 7.27. The van der Waals surface area contributed by atoms with Crippen molar-refractivity contribution in [2.45, 2.75) is 38.1 Å². The predicted molar refractivity (Wildman–Crippen MR) is 80.8 cm³/mol. The summed E-state index contributed by atoms with van der Waals surface area (Å²) < 4.78 is 13.5. The molecule has 2 aromatic rings. The molecule has 3 N–H and O–H groups in total. The van der Waals surface area contributed by atoms with E-state index in [4.69, 9.17) is 0 Å². The van der Waals surface area contributed by atoms with Crippen LogP contribution in [0.2, 0.25) is 0 Å². The highest BCUT2D eigenvalue weighted by Crippen LogP contribution is 2.30. The average Bonchev–Trinajstić information content (AvgIpc) is 3.13. The third-order valence-corrected chi connectivity index (χ3v) is 3.98. The fourth-order valence-electron chi connectivity index (χ4n) is 2.51. The lowest BCUT2D eigenvalue weighted by atomic mass is 9.84. The minimum Gasteiger partial charge on any atom is -0.361 e. The van der Waals surface area contributed by atoms with Gasteiger partial charge in [-0.2, -0.15) is 0 Å². The number of rotatable bonds is 4. The van der Waals surface area contributed by atoms with E-state index < -0.39 is 0 Å². The molecule has 1 saturated carbocycles. The zero-order valence-electron chi connectivity index (χ0n) is 12.3. The Morgan fingerprint density at radius 1 is 1.43 bits per heavy atom. The van der Waals surface area contributed by atoms with Gasteiger partial charge in [-0.25, -0.2) is 9.18 Å². The summed E-state index contributed by atoms with van der Waals surface area (Å²) in [5.74, 6) is -0.251. The van der Waals surface area contributed by atoms with Gasteiger partial charge in [0.2, 0.25) is 0 Å². The van der Waals surface area contributed by atoms with Crippen LogP contribution in [0.4, 0.5) is 9.18 Å². The fraction of sp³-hybridized carbons (Fsp3) is 0.438. The summed E-state index contributed by atoms with van der Waals surface area (Å²) in [6.07, 6.45) is 4.03. The van der Waals surface area contributed by atoms with E-state index in [9.17, 15) is 9.18 Å². The molecule has 1 fully saturated rings. The van der Waals surface area contributed by atoms with Gasteiger partial charge in [0.05, 0.1) is 0 Å². The summed E-state index contributed by atoms with van der Waals surface area (Å²) in [5, 5.41) is 6.67. The summed E-state index contributed by atoms with van der Waals surface area (Å²) in [5.41, 5.74) is 1.62. The number of H-pyrrole nitrogens is 1. The molecule has 0 aliphatic heterocycles. The number of amides is 2. The number of carbonyl (C=O) groups excluding carboxylic acids is 1. The lowest BCUT2D eigenvalue weighted by Crippen LogP contribution is -2.43. The van der Waals surface area contributed by atoms with E-state index in [1.807, 2.05) is 20.0 Å². The first kappa shape index (κ1) is 13.9. The maximum atomic E-state index is 13.5. The van der Waals surface area contributed by atoms with Gasteiger partial charge in [0.1, 0.15) is 5.82 Å². The minimum absolute atomic E-state index is 0.128. The monoisotopic (exact) mass is 289 g/mol. The summed E-state index contributed by atoms with van der Waals surface area (Å²) in [4.78, 5) is 14.9. The van der Waals surface area contributed by atoms with Crippen molar-refractivity contribution in [2.75, 3.05) is 6.54 Å². The SMILES string of the molecule is CC(C)(CNC(=O)NC1CC1)c1c[nH]c2ccc(F)cc12. The molecule has 1 aliphatic carbocycles. The number of aromatic amines is 1. The standard InChI is InChI=1S/C16H20FN3O/c1-16(2,9-19-15(21)20-11-4-5-11)13-8-18-14-6-3-10(17)7-12(13)14/h3,6-8,11,18H,4-5,9H2,1-2H3,(H2,19,20,21). The van der Waals surface area contributed by atoms with Crippen LogP contribution in [0.1, 0.15) is 32.3 Å². The van der Waals surface area contributed by atoms with Crippen LogP contribution in [0.5, 0.6) is 0 Å². The van der Waals surface area contributed by atoms with Crippen molar-refractivity contribution in [3.05, 3.63) is 35.8 Å². The Labute approximate surface area is 123 Å². The van der Waals surface area contributed by atoms with Crippen molar-refractivity contribution >= 4 is 16.9 Å². The molecule has 4 nitrogen and oxygen atoms in total. The molecule has 21 heavy (non-hydrogen) atoms. The van der Waals surface area contributed by atoms with Gasteiger partial charge in [-0.05, 0) is 36.6 Å². The normalized spacial score (nSPS) is 15.2. The second kappa shape index (κ2) is 5.06. The van der Waals surface area contributed by atoms with Crippen LogP contribution in [0.15, 0.2) is 24.4 Å². The Balaban J connectivity index is 1.75. The molecule has 0 bridgehead atoms. The largest absolute Gasteiger partial charge is 0.361 e. The minimum atomic E-state index is -0.285. The predicted octanol–water partition coefficient (Wildman–Crippen LogP) is 3.05. The summed E-state index contributed by atoms with van der Waals surface area (Å²) >= 11 is 0. The molecular weight excluding hydrogens is 269 g/mol. The number of urea groups is 1. The maximum Gasteiger partial charge on any atom is 0.315 e. The topological polar surface area (TPSA) is 56.9 Å². The van der Waals surface area contributed by atoms with Crippen LogP contribution in [-0.2, 0) is 5.41 Å². The molecule has 0 saturated heterocycles. The van der Waals surface area contributed by atoms with Crippen LogP contribution in [-0.4, -0.2) is 23.6 Å². The van der Waals surface area contributed by atoms with Crippen LogP contribution >= 0.6 is 0 Å². The van der Waals surface area contributed by atoms with Crippen molar-refractivity contribution in [3.63, 3.8) is 0 Å². The molecule has 1 aromatic carbocycles. The Morgan fingerprint density at radius 2 is 2.19 bits per heavy atom. The summed E-state index contributed by atoms with van der Waals surface area (Å²) in [7, 11) is 0. The van der Waals surface area contributed by atoms with E-state index in [1.165, 1.54) is 12.1 Å². The number of nitrogens with one attached hydrogen (secondary N) is 3. The second-order valence-corrected chi connectivity index (χ2v) is 6.38. The van der Waals surface area contributed by atoms with Crippen LogP contribution in [0.25, 0.3) is 10.9 Å². The molecule has 0 atom stereocenters. The fourth-order valence-corrected chi connectivity index (χ4v) is 2.51. The van der Waals surface area contributed by atoms with Gasteiger partial charge in [-0.1, -0.05) is 13.8 Å². The number of hydrogen-bond acceptors (Lipinski definition) is 1. The Bertz CT molecular complexity index is 673. The van der Waals surface area contributed by atoms with Gasteiger partial charge < -0.3 is 15.6 Å². The maximum absolute atomic E-state index is 13.5. The van der Waals surface area contributed by atoms with E-state index in [0.717, 1.165) is 29.3 Å². The number of benzene rings is 1. The molecule has 1 heterocycles. The molecule has 112 valence electrons. The van der Waals surface area contributed by atoms with E-state index in [2.05, 4.69) is 15.6 Å². The number of hydrogen-bond donors (Lipinski definition) is 3. The first-order chi connectivity index (χ1) is 9.95. The van der Waals surface area contributed by atoms with Crippen molar-refractivity contribution in [2.24, 2.45) is 0 Å². The summed E-state index contributed by atoms with van der Waals surface area (Å²) in [6.45, 7) is 4.57. The molecule has 5 heteroatoms. The number of carbonyl (C=O) groups is 1. The van der Waals surface area contributed by atoms with E-state index in [0.29, 0.717) is 12.6 Å². The zero-order valence-corrected chi connectivity index (χ0v) is 12.3. The van der Waals surface area contributed by atoms with E-state index >= 15 is 0 Å². The number of aromatic nitrogens is 1. The highest BCUT2D eigenvalue weighted by atomic mass is 19.1. The Morgan fingerprint density at radius 3 is 2.90 bits per heavy atom. The first-order valence-corrected chi connectivity index (χ1v) is 7.27. The smallest absolute Gasteiger partial charge is 0.315 e. The van der Waals surface area contributed by atoms with Crippen LogP contribution in [0, 0.1) is 5.82 Å². The highest BCUT2D eigenvalue weighted by Gasteiger charge is 2.27.